The van der Waals surface area contributed by atoms with E-state index in [1.807, 2.05) is 0 Å². The third-order valence-corrected chi connectivity index (χ3v) is 5.48. The molecule has 1 aliphatic rings. The molecule has 1 fully saturated rings. The normalized spacial score (nSPS) is 14.2. The third kappa shape index (κ3) is 8.66. The Balaban J connectivity index is 1.39. The van der Waals surface area contributed by atoms with Crippen LogP contribution in [0.25, 0.3) is 0 Å². The fourth-order valence-corrected chi connectivity index (χ4v) is 3.57. The molecule has 1 saturated heterocycles. The van der Waals surface area contributed by atoms with Crippen LogP contribution < -0.4 is 15.5 Å². The minimum atomic E-state index is -0.817. The SMILES string of the molecule is O=C(NCCCN1CCOCC1)C(=O)N/N=C\c1cccc(OCc2ccc(Cl)cc2Cl)c1. The molecule has 0 spiro atoms. The Labute approximate surface area is 202 Å². The lowest BCUT2D eigenvalue weighted by molar-refractivity contribution is -0.139. The predicted molar refractivity (Wildman–Crippen MR) is 128 cm³/mol. The lowest BCUT2D eigenvalue weighted by Gasteiger charge is -2.26. The summed E-state index contributed by atoms with van der Waals surface area (Å²) in [5.41, 5.74) is 3.74. The monoisotopic (exact) mass is 492 g/mol. The van der Waals surface area contributed by atoms with Gasteiger partial charge in [0.2, 0.25) is 0 Å². The molecule has 33 heavy (non-hydrogen) atoms. The number of benzene rings is 2. The Morgan fingerprint density at radius 3 is 2.73 bits per heavy atom. The van der Waals surface area contributed by atoms with Gasteiger partial charge in [-0.2, -0.15) is 5.10 Å². The molecule has 3 rings (SSSR count). The number of carbonyl (C=O) groups is 2. The number of hydrazone groups is 1. The molecule has 0 saturated carbocycles. The number of hydrogen-bond donors (Lipinski definition) is 2. The number of halogens is 2. The second kappa shape index (κ2) is 13.2. The molecule has 0 bridgehead atoms. The molecule has 8 nitrogen and oxygen atoms in total. The van der Waals surface area contributed by atoms with E-state index in [1.165, 1.54) is 6.21 Å². The molecular weight excluding hydrogens is 467 g/mol. The van der Waals surface area contributed by atoms with Gasteiger partial charge in [-0.05, 0) is 42.8 Å². The Kier molecular flexibility index (Phi) is 9.96. The Hall–Kier alpha value is -2.65. The van der Waals surface area contributed by atoms with E-state index in [4.69, 9.17) is 32.7 Å². The lowest BCUT2D eigenvalue weighted by atomic mass is 10.2. The zero-order valence-corrected chi connectivity index (χ0v) is 19.6. The predicted octanol–water partition coefficient (Wildman–Crippen LogP) is 2.86. The highest BCUT2D eigenvalue weighted by Gasteiger charge is 2.13. The van der Waals surface area contributed by atoms with Gasteiger partial charge >= 0.3 is 11.8 Å². The molecule has 2 aromatic carbocycles. The Morgan fingerprint density at radius 2 is 1.94 bits per heavy atom. The summed E-state index contributed by atoms with van der Waals surface area (Å²) in [5, 5.41) is 7.54. The van der Waals surface area contributed by atoms with Gasteiger partial charge in [0.15, 0.2) is 0 Å². The molecule has 176 valence electrons. The highest BCUT2D eigenvalue weighted by atomic mass is 35.5. The lowest BCUT2D eigenvalue weighted by Crippen LogP contribution is -2.40. The molecule has 1 aliphatic heterocycles. The van der Waals surface area contributed by atoms with Gasteiger partial charge in [-0.1, -0.05) is 41.4 Å². The number of carbonyl (C=O) groups excluding carboxylic acids is 2. The maximum atomic E-state index is 11.9. The maximum Gasteiger partial charge on any atom is 0.329 e. The molecule has 2 aromatic rings. The van der Waals surface area contributed by atoms with Crippen molar-refractivity contribution in [1.29, 1.82) is 0 Å². The van der Waals surface area contributed by atoms with E-state index >= 15 is 0 Å². The third-order valence-electron chi connectivity index (χ3n) is 4.89. The van der Waals surface area contributed by atoms with Gasteiger partial charge in [-0.25, -0.2) is 5.43 Å². The second-order valence-electron chi connectivity index (χ2n) is 7.36. The van der Waals surface area contributed by atoms with E-state index in [1.54, 1.807) is 42.5 Å². The first kappa shape index (κ1) is 25.0. The molecular formula is C23H26Cl2N4O4. The van der Waals surface area contributed by atoms with Crippen molar-refractivity contribution in [2.24, 2.45) is 5.10 Å². The number of morpholine rings is 1. The van der Waals surface area contributed by atoms with Crippen molar-refractivity contribution in [3.05, 3.63) is 63.6 Å². The minimum absolute atomic E-state index is 0.277. The van der Waals surface area contributed by atoms with Crippen LogP contribution in [0.5, 0.6) is 5.75 Å². The maximum absolute atomic E-state index is 11.9. The molecule has 0 aromatic heterocycles. The molecule has 10 heteroatoms. The summed E-state index contributed by atoms with van der Waals surface area (Å²) in [6.07, 6.45) is 2.20. The number of nitrogens with zero attached hydrogens (tertiary/aromatic N) is 2. The van der Waals surface area contributed by atoms with Gasteiger partial charge in [-0.15, -0.1) is 0 Å². The van der Waals surface area contributed by atoms with E-state index in [0.29, 0.717) is 27.9 Å². The van der Waals surface area contributed by atoms with Gasteiger partial charge in [0, 0.05) is 35.2 Å². The first-order chi connectivity index (χ1) is 16.0. The zero-order valence-electron chi connectivity index (χ0n) is 18.1. The number of amides is 2. The molecule has 0 radical (unpaired) electrons. The van der Waals surface area contributed by atoms with E-state index < -0.39 is 11.8 Å². The van der Waals surface area contributed by atoms with Crippen LogP contribution in [0.3, 0.4) is 0 Å². The summed E-state index contributed by atoms with van der Waals surface area (Å²) in [4.78, 5) is 26.1. The number of ether oxygens (including phenoxy) is 2. The van der Waals surface area contributed by atoms with Crippen LogP contribution in [0, 0.1) is 0 Å². The molecule has 2 amide bonds. The van der Waals surface area contributed by atoms with Crippen LogP contribution in [0.2, 0.25) is 10.0 Å². The second-order valence-corrected chi connectivity index (χ2v) is 8.20. The molecule has 0 unspecified atom stereocenters. The van der Waals surface area contributed by atoms with E-state index in [2.05, 4.69) is 20.7 Å². The minimum Gasteiger partial charge on any atom is -0.489 e. The molecule has 1 heterocycles. The van der Waals surface area contributed by atoms with Crippen LogP contribution in [-0.2, 0) is 20.9 Å². The van der Waals surface area contributed by atoms with Gasteiger partial charge in [0.25, 0.3) is 0 Å². The molecule has 0 aliphatic carbocycles. The summed E-state index contributed by atoms with van der Waals surface area (Å²) in [6.45, 7) is 4.81. The number of hydrogen-bond acceptors (Lipinski definition) is 6. The average Bonchev–Trinajstić information content (AvgIpc) is 2.82. The number of rotatable bonds is 9. The van der Waals surface area contributed by atoms with E-state index in [9.17, 15) is 9.59 Å². The molecule has 2 N–H and O–H groups in total. The van der Waals surface area contributed by atoms with Crippen molar-refractivity contribution in [3.63, 3.8) is 0 Å². The summed E-state index contributed by atoms with van der Waals surface area (Å²) >= 11 is 12.1. The quantitative estimate of drug-likeness (QED) is 0.243. The Bertz CT molecular complexity index is 981. The first-order valence-corrected chi connectivity index (χ1v) is 11.3. The summed E-state index contributed by atoms with van der Waals surface area (Å²) < 4.78 is 11.1. The van der Waals surface area contributed by atoms with Crippen molar-refractivity contribution in [1.82, 2.24) is 15.6 Å². The van der Waals surface area contributed by atoms with Crippen LogP contribution in [0.1, 0.15) is 17.5 Å². The van der Waals surface area contributed by atoms with Crippen LogP contribution in [0.4, 0.5) is 0 Å². The van der Waals surface area contributed by atoms with Crippen molar-refractivity contribution in [2.75, 3.05) is 39.4 Å². The van der Waals surface area contributed by atoms with Crippen molar-refractivity contribution < 1.29 is 19.1 Å². The first-order valence-electron chi connectivity index (χ1n) is 10.6. The van der Waals surface area contributed by atoms with Crippen LogP contribution >= 0.6 is 23.2 Å². The van der Waals surface area contributed by atoms with Crippen LogP contribution in [-0.4, -0.2) is 62.3 Å². The van der Waals surface area contributed by atoms with Crippen LogP contribution in [0.15, 0.2) is 47.6 Å². The van der Waals surface area contributed by atoms with Gasteiger partial charge < -0.3 is 14.8 Å². The molecule has 0 atom stereocenters. The summed E-state index contributed by atoms with van der Waals surface area (Å²) in [7, 11) is 0. The summed E-state index contributed by atoms with van der Waals surface area (Å²) in [6, 6.07) is 12.4. The van der Waals surface area contributed by atoms with E-state index in [-0.39, 0.29) is 6.61 Å². The largest absolute Gasteiger partial charge is 0.489 e. The fourth-order valence-electron chi connectivity index (χ4n) is 3.11. The van der Waals surface area contributed by atoms with Gasteiger partial charge in [0.05, 0.1) is 19.4 Å². The topological polar surface area (TPSA) is 92.3 Å². The average molecular weight is 493 g/mol. The number of nitrogens with one attached hydrogen (secondary N) is 2. The standard InChI is InChI=1S/C23H26Cl2N4O4/c24-19-6-5-18(21(25)14-19)16-33-20-4-1-3-17(13-20)15-27-28-23(31)22(30)26-7-2-8-29-9-11-32-12-10-29/h1,3-6,13-15H,2,7-12,16H2,(H,26,30)(H,28,31)/b27-15-. The Morgan fingerprint density at radius 1 is 1.12 bits per heavy atom. The van der Waals surface area contributed by atoms with Gasteiger partial charge in [0.1, 0.15) is 12.4 Å². The van der Waals surface area contributed by atoms with E-state index in [0.717, 1.165) is 44.8 Å². The van der Waals surface area contributed by atoms with Crippen molar-refractivity contribution in [3.8, 4) is 5.75 Å². The fraction of sp³-hybridized carbons (Fsp3) is 0.348. The highest BCUT2D eigenvalue weighted by Crippen LogP contribution is 2.23. The zero-order chi connectivity index (χ0) is 23.5. The van der Waals surface area contributed by atoms with Gasteiger partial charge in [-0.3, -0.25) is 14.5 Å². The smallest absolute Gasteiger partial charge is 0.329 e. The van der Waals surface area contributed by atoms with Crippen molar-refractivity contribution in [2.45, 2.75) is 13.0 Å². The highest BCUT2D eigenvalue weighted by molar-refractivity contribution is 6.35. The summed E-state index contributed by atoms with van der Waals surface area (Å²) in [5.74, 6) is -0.928. The van der Waals surface area contributed by atoms with Crippen molar-refractivity contribution >= 4 is 41.2 Å².